The third-order valence-corrected chi connectivity index (χ3v) is 2.66. The number of aromatic hydroxyl groups is 1. The Kier molecular flexibility index (Phi) is 4.03. The quantitative estimate of drug-likeness (QED) is 0.692. The molecule has 0 radical (unpaired) electrons. The molecule has 2 rings (SSSR count). The number of hydrogen-bond donors (Lipinski definition) is 4. The highest BCUT2D eigenvalue weighted by atomic mass is 16.4. The van der Waals surface area contributed by atoms with Gasteiger partial charge in [-0.3, -0.25) is 4.98 Å². The summed E-state index contributed by atoms with van der Waals surface area (Å²) in [4.78, 5) is 26.5. The molecular weight excluding hydrogens is 274 g/mol. The Bertz CT molecular complexity index is 683. The van der Waals surface area contributed by atoms with Crippen molar-refractivity contribution in [3.8, 4) is 5.75 Å². The smallest absolute Gasteiger partial charge is 0.339 e. The average molecular weight is 287 g/mol. The van der Waals surface area contributed by atoms with Crippen molar-refractivity contribution in [2.75, 3.05) is 10.6 Å². The summed E-state index contributed by atoms with van der Waals surface area (Å²) < 4.78 is 0. The molecule has 0 aliphatic carbocycles. The molecule has 7 nitrogen and oxygen atoms in total. The van der Waals surface area contributed by atoms with Gasteiger partial charge in [0.15, 0.2) is 0 Å². The fourth-order valence-corrected chi connectivity index (χ4v) is 1.63. The number of anilines is 2. The molecular formula is C14H13N3O4. The molecule has 0 saturated carbocycles. The van der Waals surface area contributed by atoms with E-state index in [2.05, 4.69) is 15.6 Å². The first-order chi connectivity index (χ1) is 9.95. The van der Waals surface area contributed by atoms with Crippen molar-refractivity contribution in [2.24, 2.45) is 0 Å². The second kappa shape index (κ2) is 5.91. The third kappa shape index (κ3) is 3.69. The van der Waals surface area contributed by atoms with Crippen LogP contribution in [0.3, 0.4) is 0 Å². The summed E-state index contributed by atoms with van der Waals surface area (Å²) in [6.45, 7) is 1.83. The molecule has 0 spiro atoms. The van der Waals surface area contributed by atoms with Crippen LogP contribution in [0.25, 0.3) is 0 Å². The van der Waals surface area contributed by atoms with E-state index >= 15 is 0 Å². The lowest BCUT2D eigenvalue weighted by atomic mass is 10.2. The van der Waals surface area contributed by atoms with E-state index in [9.17, 15) is 14.7 Å². The standard InChI is InChI=1S/C14H13N3O4/c1-8-2-3-10(7-15-8)17-14(21)16-9-4-5-11(13(19)20)12(18)6-9/h2-7,18H,1H3,(H,19,20)(H2,16,17,21). The number of carbonyl (C=O) groups excluding carboxylic acids is 1. The summed E-state index contributed by atoms with van der Waals surface area (Å²) in [5, 5.41) is 23.4. The maximum absolute atomic E-state index is 11.7. The monoisotopic (exact) mass is 287 g/mol. The SMILES string of the molecule is Cc1ccc(NC(=O)Nc2ccc(C(=O)O)c(O)c2)cn1. The molecule has 0 bridgehead atoms. The first kappa shape index (κ1) is 14.3. The molecule has 1 aromatic heterocycles. The number of hydrogen-bond acceptors (Lipinski definition) is 4. The third-order valence-electron chi connectivity index (χ3n) is 2.66. The van der Waals surface area contributed by atoms with Gasteiger partial charge in [-0.05, 0) is 31.2 Å². The number of nitrogens with one attached hydrogen (secondary N) is 2. The first-order valence-electron chi connectivity index (χ1n) is 6.02. The van der Waals surface area contributed by atoms with Gasteiger partial charge in [0.05, 0.1) is 11.9 Å². The summed E-state index contributed by atoms with van der Waals surface area (Å²) in [6.07, 6.45) is 1.51. The zero-order valence-electron chi connectivity index (χ0n) is 11.1. The molecule has 0 saturated heterocycles. The second-order valence-electron chi connectivity index (χ2n) is 4.30. The van der Waals surface area contributed by atoms with Crippen LogP contribution in [0.1, 0.15) is 16.1 Å². The first-order valence-corrected chi connectivity index (χ1v) is 6.02. The molecule has 1 aromatic carbocycles. The van der Waals surface area contributed by atoms with Gasteiger partial charge in [0.2, 0.25) is 0 Å². The van der Waals surface area contributed by atoms with E-state index in [1.54, 1.807) is 12.1 Å². The van der Waals surface area contributed by atoms with Crippen molar-refractivity contribution in [3.05, 3.63) is 47.8 Å². The van der Waals surface area contributed by atoms with Gasteiger partial charge in [0, 0.05) is 17.4 Å². The van der Waals surface area contributed by atoms with Gasteiger partial charge < -0.3 is 20.8 Å². The summed E-state index contributed by atoms with van der Waals surface area (Å²) >= 11 is 0. The van der Waals surface area contributed by atoms with Crippen molar-refractivity contribution in [2.45, 2.75) is 6.92 Å². The molecule has 2 amide bonds. The zero-order chi connectivity index (χ0) is 15.4. The van der Waals surface area contributed by atoms with Gasteiger partial charge in [-0.15, -0.1) is 0 Å². The number of benzene rings is 1. The van der Waals surface area contributed by atoms with Gasteiger partial charge in [-0.1, -0.05) is 0 Å². The number of amides is 2. The van der Waals surface area contributed by atoms with E-state index in [4.69, 9.17) is 5.11 Å². The summed E-state index contributed by atoms with van der Waals surface area (Å²) in [7, 11) is 0. The molecule has 0 atom stereocenters. The molecule has 7 heteroatoms. The van der Waals surface area contributed by atoms with E-state index in [0.717, 1.165) is 11.8 Å². The van der Waals surface area contributed by atoms with Crippen LogP contribution >= 0.6 is 0 Å². The van der Waals surface area contributed by atoms with Gasteiger partial charge in [0.1, 0.15) is 11.3 Å². The number of pyridine rings is 1. The Morgan fingerprint density at radius 3 is 2.33 bits per heavy atom. The Morgan fingerprint density at radius 2 is 1.76 bits per heavy atom. The molecule has 108 valence electrons. The van der Waals surface area contributed by atoms with E-state index < -0.39 is 17.7 Å². The molecule has 0 fully saturated rings. The lowest BCUT2D eigenvalue weighted by Crippen LogP contribution is -2.19. The van der Waals surface area contributed by atoms with E-state index in [-0.39, 0.29) is 11.3 Å². The van der Waals surface area contributed by atoms with Crippen LogP contribution in [0, 0.1) is 6.92 Å². The van der Waals surface area contributed by atoms with Crippen LogP contribution in [-0.4, -0.2) is 27.2 Å². The minimum absolute atomic E-state index is 0.233. The number of carboxylic acid groups (broad SMARTS) is 1. The number of aromatic nitrogens is 1. The number of nitrogens with zero attached hydrogens (tertiary/aromatic N) is 1. The highest BCUT2D eigenvalue weighted by Gasteiger charge is 2.11. The van der Waals surface area contributed by atoms with Gasteiger partial charge in [0.25, 0.3) is 0 Å². The van der Waals surface area contributed by atoms with Crippen molar-refractivity contribution in [1.82, 2.24) is 4.98 Å². The molecule has 4 N–H and O–H groups in total. The number of rotatable bonds is 3. The van der Waals surface area contributed by atoms with Gasteiger partial charge >= 0.3 is 12.0 Å². The van der Waals surface area contributed by atoms with Crippen LogP contribution in [-0.2, 0) is 0 Å². The predicted molar refractivity (Wildman–Crippen MR) is 76.7 cm³/mol. The van der Waals surface area contributed by atoms with Gasteiger partial charge in [-0.25, -0.2) is 9.59 Å². The summed E-state index contributed by atoms with van der Waals surface area (Å²) in [5.41, 5.74) is 1.39. The van der Waals surface area contributed by atoms with Crippen LogP contribution in [0.4, 0.5) is 16.2 Å². The van der Waals surface area contributed by atoms with Crippen molar-refractivity contribution < 1.29 is 19.8 Å². The largest absolute Gasteiger partial charge is 0.507 e. The highest BCUT2D eigenvalue weighted by molar-refractivity contribution is 6.00. The normalized spacial score (nSPS) is 9.95. The number of carbonyl (C=O) groups is 2. The summed E-state index contributed by atoms with van der Waals surface area (Å²) in [6, 6.07) is 6.69. The summed E-state index contributed by atoms with van der Waals surface area (Å²) in [5.74, 6) is -1.66. The lowest BCUT2D eigenvalue weighted by Gasteiger charge is -2.08. The molecule has 0 aliphatic heterocycles. The van der Waals surface area contributed by atoms with E-state index in [1.165, 1.54) is 18.3 Å². The second-order valence-corrected chi connectivity index (χ2v) is 4.30. The Balaban J connectivity index is 2.04. The van der Waals surface area contributed by atoms with Crippen molar-refractivity contribution >= 4 is 23.4 Å². The molecule has 0 unspecified atom stereocenters. The minimum atomic E-state index is -1.24. The maximum atomic E-state index is 11.7. The van der Waals surface area contributed by atoms with Crippen molar-refractivity contribution in [3.63, 3.8) is 0 Å². The number of phenols is 1. The maximum Gasteiger partial charge on any atom is 0.339 e. The molecule has 0 aliphatic rings. The topological polar surface area (TPSA) is 112 Å². The Labute approximate surface area is 120 Å². The van der Waals surface area contributed by atoms with Gasteiger partial charge in [-0.2, -0.15) is 0 Å². The number of carboxylic acids is 1. The van der Waals surface area contributed by atoms with E-state index in [1.807, 2.05) is 6.92 Å². The molecule has 1 heterocycles. The fraction of sp³-hybridized carbons (Fsp3) is 0.0714. The zero-order valence-corrected chi connectivity index (χ0v) is 11.1. The number of aromatic carboxylic acids is 1. The van der Waals surface area contributed by atoms with Crippen LogP contribution in [0.15, 0.2) is 36.5 Å². The van der Waals surface area contributed by atoms with Crippen LogP contribution in [0.2, 0.25) is 0 Å². The molecule has 21 heavy (non-hydrogen) atoms. The minimum Gasteiger partial charge on any atom is -0.507 e. The Hall–Kier alpha value is -3.09. The number of aryl methyl sites for hydroxylation is 1. The average Bonchev–Trinajstić information content (AvgIpc) is 2.41. The van der Waals surface area contributed by atoms with Crippen LogP contribution in [0.5, 0.6) is 5.75 Å². The molecule has 2 aromatic rings. The Morgan fingerprint density at radius 1 is 1.10 bits per heavy atom. The van der Waals surface area contributed by atoms with E-state index in [0.29, 0.717) is 5.69 Å². The lowest BCUT2D eigenvalue weighted by molar-refractivity contribution is 0.0694. The predicted octanol–water partition coefficient (Wildman–Crippen LogP) is 2.44. The number of urea groups is 1. The fourth-order valence-electron chi connectivity index (χ4n) is 1.63. The highest BCUT2D eigenvalue weighted by Crippen LogP contribution is 2.22. The van der Waals surface area contributed by atoms with Crippen molar-refractivity contribution in [1.29, 1.82) is 0 Å². The van der Waals surface area contributed by atoms with Crippen LogP contribution < -0.4 is 10.6 Å².